The summed E-state index contributed by atoms with van der Waals surface area (Å²) in [6.45, 7) is 23.5. The quantitative estimate of drug-likeness (QED) is 0.293. The Labute approximate surface area is 177 Å². The van der Waals surface area contributed by atoms with Crippen LogP contribution in [-0.4, -0.2) is 0 Å². The first-order valence-corrected chi connectivity index (χ1v) is 11.5. The van der Waals surface area contributed by atoms with Crippen LogP contribution in [0.5, 0.6) is 0 Å². The van der Waals surface area contributed by atoms with E-state index in [1.54, 1.807) is 5.57 Å². The zero-order valence-electron chi connectivity index (χ0n) is 20.5. The topological polar surface area (TPSA) is 0 Å². The third kappa shape index (κ3) is 10.7. The van der Waals surface area contributed by atoms with Crippen LogP contribution in [0.2, 0.25) is 0 Å². The Morgan fingerprint density at radius 2 is 1.39 bits per heavy atom. The van der Waals surface area contributed by atoms with Gasteiger partial charge in [-0.2, -0.15) is 0 Å². The molecule has 0 atom stereocenters. The van der Waals surface area contributed by atoms with Gasteiger partial charge in [-0.25, -0.2) is 0 Å². The maximum Gasteiger partial charge on any atom is -0.0153 e. The highest BCUT2D eigenvalue weighted by Gasteiger charge is 2.14. The lowest BCUT2D eigenvalue weighted by molar-refractivity contribution is 0.804. The van der Waals surface area contributed by atoms with Crippen LogP contribution < -0.4 is 0 Å². The summed E-state index contributed by atoms with van der Waals surface area (Å²) < 4.78 is 0. The van der Waals surface area contributed by atoms with Crippen molar-refractivity contribution in [3.05, 3.63) is 64.8 Å². The molecule has 1 aromatic carbocycles. The van der Waals surface area contributed by atoms with E-state index in [4.69, 9.17) is 0 Å². The molecule has 0 N–H and O–H groups in total. The van der Waals surface area contributed by atoms with Gasteiger partial charge < -0.3 is 0 Å². The van der Waals surface area contributed by atoms with E-state index in [2.05, 4.69) is 79.3 Å². The molecule has 0 saturated carbocycles. The third-order valence-electron chi connectivity index (χ3n) is 4.61. The minimum absolute atomic E-state index is 1.06. The van der Waals surface area contributed by atoms with Crippen molar-refractivity contribution >= 4 is 5.57 Å². The van der Waals surface area contributed by atoms with Crippen molar-refractivity contribution in [1.29, 1.82) is 0 Å². The normalized spacial score (nSPS) is 10.6. The Morgan fingerprint density at radius 1 is 0.893 bits per heavy atom. The van der Waals surface area contributed by atoms with Crippen molar-refractivity contribution in [1.82, 2.24) is 0 Å². The highest BCUT2D eigenvalue weighted by molar-refractivity contribution is 5.83. The summed E-state index contributed by atoms with van der Waals surface area (Å²) in [7, 11) is 0. The van der Waals surface area contributed by atoms with Crippen LogP contribution in [0.15, 0.2) is 53.6 Å². The van der Waals surface area contributed by atoms with Gasteiger partial charge in [-0.1, -0.05) is 102 Å². The maximum absolute atomic E-state index is 3.87. The summed E-state index contributed by atoms with van der Waals surface area (Å²) >= 11 is 0. The van der Waals surface area contributed by atoms with Crippen molar-refractivity contribution in [3.8, 4) is 0 Å². The molecule has 0 aliphatic carbocycles. The Kier molecular flexibility index (Phi) is 19.2. The van der Waals surface area contributed by atoms with Gasteiger partial charge in [-0.3, -0.25) is 0 Å². The first-order chi connectivity index (χ1) is 13.5. The van der Waals surface area contributed by atoms with E-state index in [0.717, 1.165) is 12.8 Å². The number of hydrogen-bond acceptors (Lipinski definition) is 0. The van der Waals surface area contributed by atoms with Gasteiger partial charge in [0.25, 0.3) is 0 Å². The van der Waals surface area contributed by atoms with E-state index in [9.17, 15) is 0 Å². The molecule has 1 aromatic rings. The number of benzene rings is 1. The monoisotopic (exact) mass is 384 g/mol. The zero-order valence-corrected chi connectivity index (χ0v) is 20.5. The fourth-order valence-corrected chi connectivity index (χ4v) is 3.21. The van der Waals surface area contributed by atoms with Gasteiger partial charge in [0.05, 0.1) is 0 Å². The Bertz CT molecular complexity index is 576. The lowest BCUT2D eigenvalue weighted by Crippen LogP contribution is -1.99. The molecule has 0 saturated heterocycles. The molecule has 0 heterocycles. The molecule has 0 spiro atoms. The van der Waals surface area contributed by atoms with Crippen LogP contribution in [0.3, 0.4) is 0 Å². The first-order valence-electron chi connectivity index (χ1n) is 11.5. The van der Waals surface area contributed by atoms with Gasteiger partial charge in [0.15, 0.2) is 0 Å². The molecule has 1 rings (SSSR count). The summed E-state index contributed by atoms with van der Waals surface area (Å²) in [6.07, 6.45) is 10.3. The van der Waals surface area contributed by atoms with E-state index < -0.39 is 0 Å². The second-order valence-corrected chi connectivity index (χ2v) is 7.23. The highest BCUT2D eigenvalue weighted by atomic mass is 14.2. The van der Waals surface area contributed by atoms with E-state index in [-0.39, 0.29) is 0 Å². The Balaban J connectivity index is 0. The van der Waals surface area contributed by atoms with Crippen LogP contribution in [0.1, 0.15) is 111 Å². The van der Waals surface area contributed by atoms with Gasteiger partial charge >= 0.3 is 0 Å². The number of allylic oxidation sites excluding steroid dienone is 5. The predicted octanol–water partition coefficient (Wildman–Crippen LogP) is 10.1. The molecule has 0 aromatic heterocycles. The summed E-state index contributed by atoms with van der Waals surface area (Å²) in [4.78, 5) is 0. The van der Waals surface area contributed by atoms with Crippen LogP contribution in [0.25, 0.3) is 5.57 Å². The minimum Gasteiger partial charge on any atom is -0.103 e. The summed E-state index contributed by atoms with van der Waals surface area (Å²) in [5.74, 6) is 0. The van der Waals surface area contributed by atoms with E-state index in [0.29, 0.717) is 0 Å². The highest BCUT2D eigenvalue weighted by Crippen LogP contribution is 2.35. The second kappa shape index (κ2) is 18.8. The average Bonchev–Trinajstić information content (AvgIpc) is 2.70. The first kappa shape index (κ1) is 28.6. The molecular formula is C28H48. The summed E-state index contributed by atoms with van der Waals surface area (Å²) in [6, 6.07) is 8.83. The van der Waals surface area contributed by atoms with Crippen molar-refractivity contribution in [3.63, 3.8) is 0 Å². The van der Waals surface area contributed by atoms with Gasteiger partial charge in [-0.05, 0) is 68.7 Å². The zero-order chi connectivity index (χ0) is 21.9. The van der Waals surface area contributed by atoms with Crippen molar-refractivity contribution in [2.45, 2.75) is 107 Å². The van der Waals surface area contributed by atoms with Gasteiger partial charge in [0, 0.05) is 0 Å². The fourth-order valence-electron chi connectivity index (χ4n) is 3.21. The molecule has 0 aliphatic heterocycles. The van der Waals surface area contributed by atoms with E-state index >= 15 is 0 Å². The lowest BCUT2D eigenvalue weighted by atomic mass is 9.85. The van der Waals surface area contributed by atoms with E-state index in [1.165, 1.54) is 60.0 Å². The molecule has 0 bridgehead atoms. The second-order valence-electron chi connectivity index (χ2n) is 7.23. The van der Waals surface area contributed by atoms with Crippen LogP contribution in [-0.2, 0) is 0 Å². The van der Waals surface area contributed by atoms with E-state index in [1.807, 2.05) is 19.9 Å². The van der Waals surface area contributed by atoms with Gasteiger partial charge in [0.1, 0.15) is 0 Å². The Morgan fingerprint density at radius 3 is 1.82 bits per heavy atom. The molecular weight excluding hydrogens is 336 g/mol. The molecule has 0 aliphatic rings. The van der Waals surface area contributed by atoms with Gasteiger partial charge in [0.2, 0.25) is 0 Å². The molecule has 0 nitrogen and oxygen atoms in total. The molecule has 0 fully saturated rings. The molecule has 0 radical (unpaired) electrons. The standard InChI is InChI=1S/C23H34.C3H8.C2H6/c1-7-10-15-18(4)20(6)23(21(13-8-2)14-9-3)22-17-12-11-16-19(22)5;1-3-2;1-2/h7,11-12,16-17H,1,8-10,13-15H2,2-6H3;3H2,1-2H3;1-2H3/b20-18+;;. The summed E-state index contributed by atoms with van der Waals surface area (Å²) in [5, 5.41) is 0. The SMILES string of the molecule is C=CCC/C(C)=C(\C)C(=C(CCC)CCC)c1ccccc1C.CC.CCC. The molecule has 0 amide bonds. The molecule has 0 heteroatoms. The summed E-state index contributed by atoms with van der Waals surface area (Å²) in [5.41, 5.74) is 8.89. The van der Waals surface area contributed by atoms with Crippen LogP contribution >= 0.6 is 0 Å². The smallest absolute Gasteiger partial charge is 0.0153 e. The number of aryl methyl sites for hydroxylation is 1. The van der Waals surface area contributed by atoms with Crippen LogP contribution in [0.4, 0.5) is 0 Å². The molecule has 28 heavy (non-hydrogen) atoms. The third-order valence-corrected chi connectivity index (χ3v) is 4.61. The Hall–Kier alpha value is -1.56. The lowest BCUT2D eigenvalue weighted by Gasteiger charge is -2.20. The minimum atomic E-state index is 1.06. The van der Waals surface area contributed by atoms with Gasteiger partial charge in [-0.15, -0.1) is 6.58 Å². The van der Waals surface area contributed by atoms with Crippen molar-refractivity contribution in [2.24, 2.45) is 0 Å². The largest absolute Gasteiger partial charge is 0.103 e. The average molecular weight is 385 g/mol. The maximum atomic E-state index is 3.87. The number of rotatable bonds is 9. The van der Waals surface area contributed by atoms with Crippen molar-refractivity contribution < 1.29 is 0 Å². The number of hydrogen-bond donors (Lipinski definition) is 0. The fraction of sp³-hybridized carbons (Fsp3) is 0.571. The van der Waals surface area contributed by atoms with Crippen molar-refractivity contribution in [2.75, 3.05) is 0 Å². The molecule has 160 valence electrons. The predicted molar refractivity (Wildman–Crippen MR) is 133 cm³/mol. The van der Waals surface area contributed by atoms with Crippen LogP contribution in [0, 0.1) is 6.92 Å². The molecule has 0 unspecified atom stereocenters.